The zero-order valence-electron chi connectivity index (χ0n) is 17.3. The molecule has 3 aromatic carbocycles. The molecule has 32 heavy (non-hydrogen) atoms. The van der Waals surface area contributed by atoms with Gasteiger partial charge in [-0.3, -0.25) is 9.59 Å². The van der Waals surface area contributed by atoms with Crippen molar-refractivity contribution in [3.05, 3.63) is 94.5 Å². The quantitative estimate of drug-likeness (QED) is 0.145. The molecule has 164 valence electrons. The number of benzene rings is 3. The van der Waals surface area contributed by atoms with E-state index in [9.17, 15) is 9.59 Å². The van der Waals surface area contributed by atoms with E-state index < -0.39 is 0 Å². The van der Waals surface area contributed by atoms with E-state index in [4.69, 9.17) is 21.1 Å². The van der Waals surface area contributed by atoms with Crippen molar-refractivity contribution in [3.8, 4) is 11.5 Å². The summed E-state index contributed by atoms with van der Waals surface area (Å²) in [5, 5.41) is 3.26. The lowest BCUT2D eigenvalue weighted by atomic mass is 10.1. The van der Waals surface area contributed by atoms with Crippen molar-refractivity contribution < 1.29 is 19.1 Å². The summed E-state index contributed by atoms with van der Waals surface area (Å²) in [4.78, 5) is 24.0. The van der Waals surface area contributed by atoms with E-state index in [0.29, 0.717) is 32.4 Å². The molecule has 5 nitrogen and oxygen atoms in total. The number of carbonyl (C=O) groups excluding carboxylic acids is 2. The summed E-state index contributed by atoms with van der Waals surface area (Å²) in [6, 6.07) is 21.8. The van der Waals surface area contributed by atoms with Crippen LogP contribution in [-0.2, 0) is 20.7 Å². The maximum Gasteiger partial charge on any atom is 0.311 e. The van der Waals surface area contributed by atoms with Gasteiger partial charge in [-0.05, 0) is 83.1 Å². The van der Waals surface area contributed by atoms with Gasteiger partial charge in [0.2, 0.25) is 0 Å². The minimum atomic E-state index is -0.310. The molecule has 3 rings (SSSR count). The third-order valence-electron chi connectivity index (χ3n) is 4.44. The molecular weight excluding hydrogens is 541 g/mol. The van der Waals surface area contributed by atoms with Crippen LogP contribution in [0.15, 0.2) is 78.4 Å². The molecule has 1 N–H and O–H groups in total. The lowest BCUT2D eigenvalue weighted by Crippen LogP contribution is -2.12. The highest BCUT2D eigenvalue weighted by atomic mass is 127. The first-order valence-electron chi connectivity index (χ1n) is 9.77. The number of rotatable bonds is 8. The Balaban J connectivity index is 1.60. The van der Waals surface area contributed by atoms with E-state index in [1.165, 1.54) is 0 Å². The second kappa shape index (κ2) is 11.7. The van der Waals surface area contributed by atoms with E-state index in [2.05, 4.69) is 5.32 Å². The molecule has 1 amide bonds. The van der Waals surface area contributed by atoms with Crippen molar-refractivity contribution in [2.45, 2.75) is 13.3 Å². The van der Waals surface area contributed by atoms with Gasteiger partial charge < -0.3 is 14.8 Å². The van der Waals surface area contributed by atoms with Gasteiger partial charge >= 0.3 is 5.97 Å². The smallest absolute Gasteiger partial charge is 0.311 e. The number of carbonyl (C=O) groups is 2. The molecule has 0 aliphatic heterocycles. The molecule has 0 atom stereocenters. The maximum atomic E-state index is 12.4. The second-order valence-electron chi connectivity index (χ2n) is 6.89. The fraction of sp³-hybridized carbons (Fsp3) is 0.120. The minimum absolute atomic E-state index is 0.148. The van der Waals surface area contributed by atoms with Crippen LogP contribution >= 0.6 is 34.2 Å². The van der Waals surface area contributed by atoms with E-state index in [1.807, 2.05) is 59.0 Å². The number of hydrogen-bond acceptors (Lipinski definition) is 4. The Labute approximate surface area is 205 Å². The highest BCUT2D eigenvalue weighted by Gasteiger charge is 2.10. The summed E-state index contributed by atoms with van der Waals surface area (Å²) >= 11 is 8.27. The van der Waals surface area contributed by atoms with Crippen molar-refractivity contribution in [3.63, 3.8) is 0 Å². The summed E-state index contributed by atoms with van der Waals surface area (Å²) in [5.74, 6) is 0.549. The molecule has 0 fully saturated rings. The molecule has 7 heteroatoms. The fourth-order valence-electron chi connectivity index (χ4n) is 2.84. The number of nitrogens with one attached hydrogen (secondary N) is 1. The first-order chi connectivity index (χ1) is 15.4. The molecule has 3 aromatic rings. The predicted molar refractivity (Wildman–Crippen MR) is 135 cm³/mol. The van der Waals surface area contributed by atoms with E-state index in [-0.39, 0.29) is 18.3 Å². The van der Waals surface area contributed by atoms with Gasteiger partial charge in [-0.2, -0.15) is 0 Å². The van der Waals surface area contributed by atoms with Gasteiger partial charge in [0.15, 0.2) is 0 Å². The van der Waals surface area contributed by atoms with Crippen molar-refractivity contribution in [1.29, 1.82) is 0 Å². The Morgan fingerprint density at radius 1 is 1.03 bits per heavy atom. The topological polar surface area (TPSA) is 64.6 Å². The van der Waals surface area contributed by atoms with Crippen LogP contribution in [0.25, 0.3) is 6.08 Å². The van der Waals surface area contributed by atoms with Gasteiger partial charge in [-0.25, -0.2) is 0 Å². The molecule has 0 unspecified atom stereocenters. The van der Waals surface area contributed by atoms with Crippen LogP contribution in [0.5, 0.6) is 11.5 Å². The van der Waals surface area contributed by atoms with Crippen LogP contribution in [0.1, 0.15) is 18.1 Å². The number of ether oxygens (including phenoxy) is 2. The Kier molecular flexibility index (Phi) is 8.70. The average Bonchev–Trinajstić information content (AvgIpc) is 2.77. The molecule has 0 saturated heterocycles. The lowest BCUT2D eigenvalue weighted by Gasteiger charge is -2.10. The van der Waals surface area contributed by atoms with Crippen LogP contribution in [0.2, 0.25) is 5.02 Å². The van der Waals surface area contributed by atoms with Crippen molar-refractivity contribution >= 4 is 57.8 Å². The summed E-state index contributed by atoms with van der Waals surface area (Å²) in [7, 11) is 0. The van der Waals surface area contributed by atoms with E-state index >= 15 is 0 Å². The van der Waals surface area contributed by atoms with Gasteiger partial charge in [-0.15, -0.1) is 0 Å². The number of anilines is 1. The van der Waals surface area contributed by atoms with Crippen molar-refractivity contribution in [1.82, 2.24) is 0 Å². The Morgan fingerprint density at radius 2 is 1.75 bits per heavy atom. The Hall–Kier alpha value is -2.84. The third-order valence-corrected chi connectivity index (χ3v) is 5.05. The average molecular weight is 562 g/mol. The molecule has 0 spiro atoms. The molecule has 0 aromatic heterocycles. The van der Waals surface area contributed by atoms with Crippen LogP contribution in [-0.4, -0.2) is 16.5 Å². The minimum Gasteiger partial charge on any atom is -0.456 e. The molecule has 0 heterocycles. The monoisotopic (exact) mass is 561 g/mol. The number of halogens is 2. The third kappa shape index (κ3) is 7.10. The van der Waals surface area contributed by atoms with Gasteiger partial charge in [0.05, 0.1) is 11.4 Å². The largest absolute Gasteiger partial charge is 0.456 e. The molecule has 0 saturated carbocycles. The summed E-state index contributed by atoms with van der Waals surface area (Å²) in [5.41, 5.74) is 2.96. The summed E-state index contributed by atoms with van der Waals surface area (Å²) in [6.45, 7) is 1.77. The number of esters is 1. The van der Waals surface area contributed by atoms with Gasteiger partial charge in [0.25, 0.3) is 5.91 Å². The molecule has 0 bridgehead atoms. The predicted octanol–water partition coefficient (Wildman–Crippen LogP) is 6.65. The second-order valence-corrected chi connectivity index (χ2v) is 7.92. The Bertz CT molecular complexity index is 1110. The van der Waals surface area contributed by atoms with Crippen molar-refractivity contribution in [2.75, 3.05) is 9.93 Å². The molecule has 0 radical (unpaired) electrons. The number of hydrogen-bond donors (Lipinski definition) is 1. The maximum absolute atomic E-state index is 12.4. The molecular formula is C25H21ClINO4. The normalized spacial score (nSPS) is 11.0. The SMILES string of the molecule is C/C(=C\c1ccccc1)C(=O)Nc1ccc(Oc2ccc(CC(=O)OCI)cc2Cl)cc1. The van der Waals surface area contributed by atoms with Crippen LogP contribution in [0, 0.1) is 0 Å². The Morgan fingerprint density at radius 3 is 2.41 bits per heavy atom. The van der Waals surface area contributed by atoms with Gasteiger partial charge in [-0.1, -0.05) is 48.0 Å². The standard InChI is InChI=1S/C25H21ClINO4/c1-17(13-18-5-3-2-4-6-18)25(30)28-20-8-10-21(11-9-20)32-23-12-7-19(14-22(23)26)15-24(29)31-16-27/h2-14H,15-16H2,1H3,(H,28,30)/b17-13+. The van der Waals surface area contributed by atoms with E-state index in [0.717, 1.165) is 11.1 Å². The highest BCUT2D eigenvalue weighted by molar-refractivity contribution is 14.1. The zero-order valence-corrected chi connectivity index (χ0v) is 20.2. The summed E-state index contributed by atoms with van der Waals surface area (Å²) < 4.78 is 11.1. The zero-order chi connectivity index (χ0) is 22.9. The molecule has 0 aliphatic carbocycles. The fourth-order valence-corrected chi connectivity index (χ4v) is 3.43. The van der Waals surface area contributed by atoms with Crippen LogP contribution in [0.3, 0.4) is 0 Å². The summed E-state index contributed by atoms with van der Waals surface area (Å²) in [6.07, 6.45) is 1.98. The first-order valence-corrected chi connectivity index (χ1v) is 11.7. The van der Waals surface area contributed by atoms with Gasteiger partial charge in [0.1, 0.15) is 16.1 Å². The van der Waals surface area contributed by atoms with Gasteiger partial charge in [0, 0.05) is 11.3 Å². The highest BCUT2D eigenvalue weighted by Crippen LogP contribution is 2.31. The number of alkyl halides is 1. The van der Waals surface area contributed by atoms with Crippen molar-refractivity contribution in [2.24, 2.45) is 0 Å². The lowest BCUT2D eigenvalue weighted by molar-refractivity contribution is -0.140. The molecule has 0 aliphatic rings. The van der Waals surface area contributed by atoms with Crippen LogP contribution in [0.4, 0.5) is 5.69 Å². The van der Waals surface area contributed by atoms with E-state index in [1.54, 1.807) is 49.4 Å². The van der Waals surface area contributed by atoms with Crippen LogP contribution < -0.4 is 10.1 Å². The number of amides is 1. The first kappa shape index (κ1) is 23.8.